The number of hydrogen-bond acceptors (Lipinski definition) is 4. The van der Waals surface area contributed by atoms with Crippen LogP contribution in [0.25, 0.3) is 0 Å². The van der Waals surface area contributed by atoms with Crippen molar-refractivity contribution in [2.75, 3.05) is 11.9 Å². The molecular formula is C11H17N3O2. The Morgan fingerprint density at radius 3 is 2.75 bits per heavy atom. The lowest BCUT2D eigenvalue weighted by Crippen LogP contribution is -2.22. The van der Waals surface area contributed by atoms with Gasteiger partial charge in [0.05, 0.1) is 0 Å². The molecule has 0 saturated heterocycles. The minimum absolute atomic E-state index is 0.00630. The van der Waals surface area contributed by atoms with E-state index in [9.17, 15) is 4.79 Å². The van der Waals surface area contributed by atoms with Crippen molar-refractivity contribution >= 4 is 11.8 Å². The SMILES string of the molecule is CCC(C)(C)CNc1cc(C(=O)O)ncn1. The van der Waals surface area contributed by atoms with Crippen molar-refractivity contribution in [3.05, 3.63) is 18.1 Å². The van der Waals surface area contributed by atoms with E-state index in [0.29, 0.717) is 5.82 Å². The molecule has 88 valence electrons. The fourth-order valence-corrected chi connectivity index (χ4v) is 1.03. The number of nitrogens with one attached hydrogen (secondary N) is 1. The first-order valence-corrected chi connectivity index (χ1v) is 5.24. The topological polar surface area (TPSA) is 75.1 Å². The number of aromatic nitrogens is 2. The first kappa shape index (κ1) is 12.4. The van der Waals surface area contributed by atoms with Crippen LogP contribution in [0.15, 0.2) is 12.4 Å². The van der Waals surface area contributed by atoms with E-state index >= 15 is 0 Å². The van der Waals surface area contributed by atoms with Gasteiger partial charge < -0.3 is 10.4 Å². The molecule has 0 atom stereocenters. The number of rotatable bonds is 5. The van der Waals surface area contributed by atoms with Gasteiger partial charge in [0.2, 0.25) is 0 Å². The van der Waals surface area contributed by atoms with Gasteiger partial charge in [0.25, 0.3) is 0 Å². The lowest BCUT2D eigenvalue weighted by atomic mass is 9.90. The van der Waals surface area contributed by atoms with E-state index in [1.54, 1.807) is 0 Å². The van der Waals surface area contributed by atoms with Crippen molar-refractivity contribution in [2.45, 2.75) is 27.2 Å². The van der Waals surface area contributed by atoms with E-state index in [0.717, 1.165) is 13.0 Å². The van der Waals surface area contributed by atoms with Crippen LogP contribution in [0.5, 0.6) is 0 Å². The third-order valence-corrected chi connectivity index (χ3v) is 2.59. The average molecular weight is 223 g/mol. The Morgan fingerprint density at radius 1 is 1.50 bits per heavy atom. The van der Waals surface area contributed by atoms with Crippen LogP contribution in [0.4, 0.5) is 5.82 Å². The first-order valence-electron chi connectivity index (χ1n) is 5.24. The predicted molar refractivity (Wildman–Crippen MR) is 61.6 cm³/mol. The minimum Gasteiger partial charge on any atom is -0.477 e. The van der Waals surface area contributed by atoms with E-state index in [2.05, 4.69) is 36.1 Å². The number of anilines is 1. The van der Waals surface area contributed by atoms with Gasteiger partial charge in [-0.15, -0.1) is 0 Å². The van der Waals surface area contributed by atoms with E-state index in [1.807, 2.05) is 0 Å². The van der Waals surface area contributed by atoms with E-state index in [1.165, 1.54) is 12.4 Å². The second kappa shape index (κ2) is 4.92. The Bertz CT molecular complexity index is 377. The number of carboxylic acid groups (broad SMARTS) is 1. The van der Waals surface area contributed by atoms with Crippen molar-refractivity contribution in [3.8, 4) is 0 Å². The molecule has 0 aromatic carbocycles. The number of carbonyl (C=O) groups is 1. The number of hydrogen-bond donors (Lipinski definition) is 2. The fraction of sp³-hybridized carbons (Fsp3) is 0.545. The Labute approximate surface area is 94.9 Å². The largest absolute Gasteiger partial charge is 0.477 e. The maximum Gasteiger partial charge on any atom is 0.354 e. The summed E-state index contributed by atoms with van der Waals surface area (Å²) in [5.74, 6) is -0.492. The summed E-state index contributed by atoms with van der Waals surface area (Å²) in [6, 6.07) is 1.44. The van der Waals surface area contributed by atoms with Gasteiger partial charge in [0.15, 0.2) is 5.69 Å². The monoisotopic (exact) mass is 223 g/mol. The molecule has 0 fully saturated rings. The Balaban J connectivity index is 2.68. The fourth-order valence-electron chi connectivity index (χ4n) is 1.03. The molecule has 0 amide bonds. The lowest BCUT2D eigenvalue weighted by molar-refractivity contribution is 0.0690. The van der Waals surface area contributed by atoms with Crippen molar-refractivity contribution < 1.29 is 9.90 Å². The quantitative estimate of drug-likeness (QED) is 0.798. The molecule has 0 bridgehead atoms. The normalized spacial score (nSPS) is 11.2. The third kappa shape index (κ3) is 3.49. The zero-order valence-corrected chi connectivity index (χ0v) is 9.82. The molecule has 0 saturated carbocycles. The molecule has 5 heteroatoms. The van der Waals surface area contributed by atoms with Crippen LogP contribution in [0, 0.1) is 5.41 Å². The minimum atomic E-state index is -1.04. The number of aromatic carboxylic acids is 1. The van der Waals surface area contributed by atoms with Crippen LogP contribution in [0.3, 0.4) is 0 Å². The number of nitrogens with zero attached hydrogens (tertiary/aromatic N) is 2. The molecule has 0 aliphatic rings. The van der Waals surface area contributed by atoms with Crippen molar-refractivity contribution in [2.24, 2.45) is 5.41 Å². The van der Waals surface area contributed by atoms with Gasteiger partial charge in [-0.3, -0.25) is 0 Å². The molecule has 1 aromatic rings. The van der Waals surface area contributed by atoms with E-state index in [-0.39, 0.29) is 11.1 Å². The van der Waals surface area contributed by atoms with Gasteiger partial charge in [0.1, 0.15) is 12.1 Å². The number of carboxylic acids is 1. The summed E-state index contributed by atoms with van der Waals surface area (Å²) in [6.45, 7) is 7.14. The lowest BCUT2D eigenvalue weighted by Gasteiger charge is -2.23. The highest BCUT2D eigenvalue weighted by Gasteiger charge is 2.15. The van der Waals surface area contributed by atoms with E-state index in [4.69, 9.17) is 5.11 Å². The maximum atomic E-state index is 10.7. The third-order valence-electron chi connectivity index (χ3n) is 2.59. The molecule has 0 radical (unpaired) electrons. The summed E-state index contributed by atoms with van der Waals surface area (Å²) < 4.78 is 0. The summed E-state index contributed by atoms with van der Waals surface area (Å²) >= 11 is 0. The summed E-state index contributed by atoms with van der Waals surface area (Å²) in [5, 5.41) is 11.9. The molecule has 0 aliphatic carbocycles. The average Bonchev–Trinajstić information content (AvgIpc) is 2.27. The van der Waals surface area contributed by atoms with Gasteiger partial charge in [-0.2, -0.15) is 0 Å². The molecule has 1 aromatic heterocycles. The van der Waals surface area contributed by atoms with Crippen LogP contribution in [-0.2, 0) is 0 Å². The van der Waals surface area contributed by atoms with Crippen LogP contribution < -0.4 is 5.32 Å². The van der Waals surface area contributed by atoms with Crippen molar-refractivity contribution in [1.82, 2.24) is 9.97 Å². The van der Waals surface area contributed by atoms with Gasteiger partial charge >= 0.3 is 5.97 Å². The molecular weight excluding hydrogens is 206 g/mol. The standard InChI is InChI=1S/C11H17N3O2/c1-4-11(2,3)6-12-9-5-8(10(15)16)13-7-14-9/h5,7H,4,6H2,1-3H3,(H,15,16)(H,12,13,14). The van der Waals surface area contributed by atoms with Crippen LogP contribution in [0.1, 0.15) is 37.7 Å². The zero-order chi connectivity index (χ0) is 12.2. The van der Waals surface area contributed by atoms with E-state index < -0.39 is 5.97 Å². The maximum absolute atomic E-state index is 10.7. The second-order valence-electron chi connectivity index (χ2n) is 4.46. The van der Waals surface area contributed by atoms with Crippen molar-refractivity contribution in [3.63, 3.8) is 0 Å². The van der Waals surface area contributed by atoms with Gasteiger partial charge in [-0.1, -0.05) is 20.8 Å². The second-order valence-corrected chi connectivity index (χ2v) is 4.46. The Morgan fingerprint density at radius 2 is 2.19 bits per heavy atom. The molecule has 1 heterocycles. The molecule has 5 nitrogen and oxygen atoms in total. The highest BCUT2D eigenvalue weighted by Crippen LogP contribution is 2.19. The predicted octanol–water partition coefficient (Wildman–Crippen LogP) is 2.02. The smallest absolute Gasteiger partial charge is 0.354 e. The summed E-state index contributed by atoms with van der Waals surface area (Å²) in [5.41, 5.74) is 0.167. The molecule has 1 rings (SSSR count). The molecule has 2 N–H and O–H groups in total. The first-order chi connectivity index (χ1) is 7.44. The Hall–Kier alpha value is -1.65. The molecule has 0 aliphatic heterocycles. The van der Waals surface area contributed by atoms with Crippen molar-refractivity contribution in [1.29, 1.82) is 0 Å². The summed E-state index contributed by atoms with van der Waals surface area (Å²) in [4.78, 5) is 18.3. The zero-order valence-electron chi connectivity index (χ0n) is 9.82. The van der Waals surface area contributed by atoms with Gasteiger partial charge in [-0.25, -0.2) is 14.8 Å². The highest BCUT2D eigenvalue weighted by atomic mass is 16.4. The Kier molecular flexibility index (Phi) is 3.82. The van der Waals surface area contributed by atoms with Gasteiger partial charge in [-0.05, 0) is 11.8 Å². The highest BCUT2D eigenvalue weighted by molar-refractivity contribution is 5.85. The van der Waals surface area contributed by atoms with Crippen LogP contribution in [-0.4, -0.2) is 27.6 Å². The molecule has 16 heavy (non-hydrogen) atoms. The van der Waals surface area contributed by atoms with Gasteiger partial charge in [0, 0.05) is 12.6 Å². The molecule has 0 unspecified atom stereocenters. The summed E-state index contributed by atoms with van der Waals surface area (Å²) in [6.07, 6.45) is 2.29. The van der Waals surface area contributed by atoms with Crippen LogP contribution in [0.2, 0.25) is 0 Å². The molecule has 0 spiro atoms. The van der Waals surface area contributed by atoms with Crippen LogP contribution >= 0.6 is 0 Å². The summed E-state index contributed by atoms with van der Waals surface area (Å²) in [7, 11) is 0.